The Kier molecular flexibility index (Phi) is 7.98. The number of carbonyl (C=O) groups excluding carboxylic acids is 1. The highest BCUT2D eigenvalue weighted by Gasteiger charge is 2.33. The highest BCUT2D eigenvalue weighted by atomic mass is 35.5. The Morgan fingerprint density at radius 1 is 1.03 bits per heavy atom. The number of rotatable bonds is 8. The molecular formula is C32H34ClN3O3. The van der Waals surface area contributed by atoms with Gasteiger partial charge in [0.05, 0.1) is 28.5 Å². The van der Waals surface area contributed by atoms with Crippen molar-refractivity contribution in [3.05, 3.63) is 94.1 Å². The number of unbranched alkanes of at least 4 members (excludes halogenated alkanes) is 1. The third kappa shape index (κ3) is 6.14. The number of aromatic nitrogens is 2. The van der Waals surface area contributed by atoms with E-state index in [-0.39, 0.29) is 17.4 Å². The summed E-state index contributed by atoms with van der Waals surface area (Å²) < 4.78 is 0. The maximum absolute atomic E-state index is 13.4. The number of carbonyl (C=O) groups is 1. The molecule has 3 N–H and O–H groups in total. The van der Waals surface area contributed by atoms with Crippen LogP contribution in [0.5, 0.6) is 0 Å². The zero-order chi connectivity index (χ0) is 27.6. The molecule has 0 spiro atoms. The van der Waals surface area contributed by atoms with Crippen LogP contribution in [0.3, 0.4) is 0 Å². The molecule has 0 fully saturated rings. The number of hydrogen-bond donors (Lipinski definition) is 3. The van der Waals surface area contributed by atoms with E-state index >= 15 is 0 Å². The van der Waals surface area contributed by atoms with E-state index in [0.717, 1.165) is 36.2 Å². The van der Waals surface area contributed by atoms with Gasteiger partial charge in [0.15, 0.2) is 6.29 Å². The van der Waals surface area contributed by atoms with Crippen LogP contribution in [0.2, 0.25) is 5.02 Å². The quantitative estimate of drug-likeness (QED) is 0.174. The number of aliphatic hydroxyl groups excluding tert-OH is 1. The van der Waals surface area contributed by atoms with Crippen LogP contribution >= 0.6 is 11.6 Å². The molecule has 1 atom stereocenters. The van der Waals surface area contributed by atoms with Gasteiger partial charge in [-0.15, -0.1) is 0 Å². The summed E-state index contributed by atoms with van der Waals surface area (Å²) in [7, 11) is 0. The van der Waals surface area contributed by atoms with Gasteiger partial charge in [-0.05, 0) is 85.4 Å². The van der Waals surface area contributed by atoms with Crippen LogP contribution in [0.1, 0.15) is 79.2 Å². The Hall–Kier alpha value is -3.32. The monoisotopic (exact) mass is 543 g/mol. The Balaban J connectivity index is 1.43. The molecule has 1 unspecified atom stereocenters. The summed E-state index contributed by atoms with van der Waals surface area (Å²) in [5, 5.41) is 22.3. The molecule has 3 aromatic carbocycles. The Morgan fingerprint density at radius 3 is 2.56 bits per heavy atom. The SMILES string of the molecule is CC1(C)CCC(NC(=O)c2ccc3nc(-c4ccc(Cl)cc4)c(CCCCC(O)O)nc3c2)c2ccccc21. The second-order valence-electron chi connectivity index (χ2n) is 11.0. The summed E-state index contributed by atoms with van der Waals surface area (Å²) in [6.07, 6.45) is 2.90. The highest BCUT2D eigenvalue weighted by molar-refractivity contribution is 6.30. The average Bonchev–Trinajstić information content (AvgIpc) is 2.92. The minimum Gasteiger partial charge on any atom is -0.368 e. The highest BCUT2D eigenvalue weighted by Crippen LogP contribution is 2.41. The summed E-state index contributed by atoms with van der Waals surface area (Å²) in [4.78, 5) is 23.2. The van der Waals surface area contributed by atoms with Crippen molar-refractivity contribution in [2.45, 2.75) is 70.1 Å². The number of benzene rings is 3. The lowest BCUT2D eigenvalue weighted by Gasteiger charge is -2.37. The van der Waals surface area contributed by atoms with Gasteiger partial charge in [0.25, 0.3) is 5.91 Å². The Bertz CT molecular complexity index is 1480. The van der Waals surface area contributed by atoms with Gasteiger partial charge in [-0.2, -0.15) is 0 Å². The van der Waals surface area contributed by atoms with Crippen molar-refractivity contribution < 1.29 is 15.0 Å². The van der Waals surface area contributed by atoms with E-state index in [0.29, 0.717) is 40.9 Å². The molecule has 1 aliphatic carbocycles. The molecule has 39 heavy (non-hydrogen) atoms. The van der Waals surface area contributed by atoms with Gasteiger partial charge in [0.1, 0.15) is 0 Å². The van der Waals surface area contributed by atoms with E-state index < -0.39 is 6.29 Å². The molecule has 202 valence electrons. The first-order chi connectivity index (χ1) is 18.7. The number of hydrogen-bond acceptors (Lipinski definition) is 5. The molecule has 0 saturated heterocycles. The lowest BCUT2D eigenvalue weighted by molar-refractivity contribution is -0.0465. The first kappa shape index (κ1) is 27.3. The third-order valence-electron chi connectivity index (χ3n) is 7.67. The van der Waals surface area contributed by atoms with Crippen molar-refractivity contribution in [2.24, 2.45) is 0 Å². The van der Waals surface area contributed by atoms with E-state index in [1.807, 2.05) is 42.5 Å². The van der Waals surface area contributed by atoms with E-state index in [2.05, 4.69) is 37.4 Å². The minimum absolute atomic E-state index is 0.0341. The second-order valence-corrected chi connectivity index (χ2v) is 11.4. The molecule has 5 rings (SSSR count). The van der Waals surface area contributed by atoms with Gasteiger partial charge in [-0.3, -0.25) is 4.79 Å². The van der Waals surface area contributed by atoms with Crippen LogP contribution in [-0.4, -0.2) is 32.4 Å². The predicted octanol–water partition coefficient (Wildman–Crippen LogP) is 6.52. The van der Waals surface area contributed by atoms with Crippen LogP contribution < -0.4 is 5.32 Å². The number of halogens is 1. The molecule has 7 heteroatoms. The first-order valence-electron chi connectivity index (χ1n) is 13.5. The standard InChI is InChI=1S/C32H34ClN3O3/c1-32(2)18-17-25(23-7-3-4-8-24(23)32)36-31(39)21-13-16-26-28(19-21)34-27(9-5-6-10-29(37)38)30(35-26)20-11-14-22(33)15-12-20/h3-4,7-8,11-16,19,25,29,37-38H,5-6,9-10,17-18H2,1-2H3,(H,36,39). The molecule has 0 radical (unpaired) electrons. The number of aryl methyl sites for hydroxylation is 1. The fourth-order valence-electron chi connectivity index (χ4n) is 5.47. The summed E-state index contributed by atoms with van der Waals surface area (Å²) >= 11 is 6.10. The molecule has 1 amide bonds. The molecule has 0 saturated carbocycles. The lowest BCUT2D eigenvalue weighted by atomic mass is 9.71. The van der Waals surface area contributed by atoms with Crippen LogP contribution in [0, 0.1) is 0 Å². The van der Waals surface area contributed by atoms with Crippen molar-refractivity contribution in [3.63, 3.8) is 0 Å². The maximum atomic E-state index is 13.4. The van der Waals surface area contributed by atoms with Crippen LogP contribution in [0.4, 0.5) is 0 Å². The average molecular weight is 544 g/mol. The van der Waals surface area contributed by atoms with Gasteiger partial charge in [0.2, 0.25) is 0 Å². The van der Waals surface area contributed by atoms with E-state index in [1.165, 1.54) is 11.1 Å². The molecule has 4 aromatic rings. The zero-order valence-corrected chi connectivity index (χ0v) is 23.1. The number of fused-ring (bicyclic) bond motifs is 2. The van der Waals surface area contributed by atoms with Crippen LogP contribution in [0.15, 0.2) is 66.7 Å². The van der Waals surface area contributed by atoms with E-state index in [9.17, 15) is 15.0 Å². The van der Waals surface area contributed by atoms with E-state index in [4.69, 9.17) is 21.6 Å². The predicted molar refractivity (Wildman–Crippen MR) is 155 cm³/mol. The topological polar surface area (TPSA) is 95.3 Å². The van der Waals surface area contributed by atoms with Gasteiger partial charge in [-0.1, -0.05) is 61.8 Å². The molecule has 1 aliphatic rings. The first-order valence-corrected chi connectivity index (χ1v) is 13.9. The van der Waals surface area contributed by atoms with Gasteiger partial charge in [0, 0.05) is 16.1 Å². The molecule has 1 aromatic heterocycles. The molecule has 6 nitrogen and oxygen atoms in total. The molecule has 0 aliphatic heterocycles. The molecule has 1 heterocycles. The lowest BCUT2D eigenvalue weighted by Crippen LogP contribution is -2.35. The van der Waals surface area contributed by atoms with Crippen molar-refractivity contribution in [1.82, 2.24) is 15.3 Å². The maximum Gasteiger partial charge on any atom is 0.251 e. The summed E-state index contributed by atoms with van der Waals surface area (Å²) in [6, 6.07) is 21.3. The van der Waals surface area contributed by atoms with Gasteiger partial charge >= 0.3 is 0 Å². The second kappa shape index (κ2) is 11.4. The van der Waals surface area contributed by atoms with E-state index in [1.54, 1.807) is 6.07 Å². The number of amides is 1. The molecule has 0 bridgehead atoms. The van der Waals surface area contributed by atoms with Gasteiger partial charge in [-0.25, -0.2) is 9.97 Å². The van der Waals surface area contributed by atoms with Crippen molar-refractivity contribution >= 4 is 28.5 Å². The Labute approximate surface area is 234 Å². The van der Waals surface area contributed by atoms with Gasteiger partial charge < -0.3 is 15.5 Å². The van der Waals surface area contributed by atoms with Crippen LogP contribution in [0.25, 0.3) is 22.3 Å². The summed E-state index contributed by atoms with van der Waals surface area (Å²) in [5.41, 5.74) is 6.95. The fraction of sp³-hybridized carbons (Fsp3) is 0.344. The largest absolute Gasteiger partial charge is 0.368 e. The number of nitrogens with one attached hydrogen (secondary N) is 1. The number of nitrogens with zero attached hydrogens (tertiary/aromatic N) is 2. The zero-order valence-electron chi connectivity index (χ0n) is 22.3. The van der Waals surface area contributed by atoms with Crippen LogP contribution in [-0.2, 0) is 11.8 Å². The Morgan fingerprint density at radius 2 is 1.79 bits per heavy atom. The summed E-state index contributed by atoms with van der Waals surface area (Å²) in [6.45, 7) is 4.52. The minimum atomic E-state index is -1.31. The fourth-order valence-corrected chi connectivity index (χ4v) is 5.59. The smallest absolute Gasteiger partial charge is 0.251 e. The normalized spacial score (nSPS) is 16.3. The van der Waals surface area contributed by atoms with Crippen molar-refractivity contribution in [1.29, 1.82) is 0 Å². The summed E-state index contributed by atoms with van der Waals surface area (Å²) in [5.74, 6) is -0.126. The van der Waals surface area contributed by atoms with Crippen molar-refractivity contribution in [2.75, 3.05) is 0 Å². The molecular weight excluding hydrogens is 510 g/mol. The van der Waals surface area contributed by atoms with Crippen molar-refractivity contribution in [3.8, 4) is 11.3 Å². The third-order valence-corrected chi connectivity index (χ3v) is 7.92. The number of aliphatic hydroxyl groups is 2.